The highest BCUT2D eigenvalue weighted by Crippen LogP contribution is 2.27. The van der Waals surface area contributed by atoms with Gasteiger partial charge in [0, 0.05) is 19.3 Å². The number of unbranched alkanes of at least 4 members (excludes halogenated alkanes) is 32. The van der Waals surface area contributed by atoms with Crippen molar-refractivity contribution in [3.05, 3.63) is 72.9 Å². The fraction of sp³-hybridized carbons (Fsp3) is 0.775. The average molecular weight is 1170 g/mol. The van der Waals surface area contributed by atoms with Gasteiger partial charge < -0.3 is 39.0 Å². The van der Waals surface area contributed by atoms with E-state index in [2.05, 4.69) is 93.7 Å². The highest BCUT2D eigenvalue weighted by atomic mass is 16.7. The fourth-order valence-electron chi connectivity index (χ4n) is 10.1. The monoisotopic (exact) mass is 1170 g/mol. The average Bonchev–Trinajstić information content (AvgIpc) is 3.55. The molecule has 478 valence electrons. The summed E-state index contributed by atoms with van der Waals surface area (Å²) in [6, 6.07) is 0. The van der Waals surface area contributed by atoms with Crippen LogP contribution < -0.4 is 0 Å². The summed E-state index contributed by atoms with van der Waals surface area (Å²) in [5.41, 5.74) is 0. The van der Waals surface area contributed by atoms with Gasteiger partial charge in [-0.05, 0) is 89.9 Å². The lowest BCUT2D eigenvalue weighted by atomic mass is 9.98. The van der Waals surface area contributed by atoms with Crippen LogP contribution in [0.5, 0.6) is 0 Å². The molecule has 0 radical (unpaired) electrons. The Morgan fingerprint density at radius 1 is 0.410 bits per heavy atom. The van der Waals surface area contributed by atoms with Gasteiger partial charge in [0.1, 0.15) is 18.8 Å². The molecule has 0 spiro atoms. The molecule has 12 nitrogen and oxygen atoms in total. The van der Waals surface area contributed by atoms with Gasteiger partial charge in [0.25, 0.3) is 0 Å². The van der Waals surface area contributed by atoms with E-state index in [4.69, 9.17) is 23.7 Å². The first-order valence-corrected chi connectivity index (χ1v) is 33.9. The molecule has 1 rings (SSSR count). The first-order chi connectivity index (χ1) is 40.6. The van der Waals surface area contributed by atoms with Crippen LogP contribution in [0.4, 0.5) is 0 Å². The van der Waals surface area contributed by atoms with E-state index in [-0.39, 0.29) is 25.9 Å². The number of aliphatic hydroxyl groups excluding tert-OH is 2. The topological polar surface area (TPSA) is 175 Å². The fourth-order valence-corrected chi connectivity index (χ4v) is 10.1. The second-order valence-electron chi connectivity index (χ2n) is 23.1. The first-order valence-electron chi connectivity index (χ1n) is 33.9. The Morgan fingerprint density at radius 2 is 0.759 bits per heavy atom. The molecule has 83 heavy (non-hydrogen) atoms. The second kappa shape index (κ2) is 58.5. The SMILES string of the molecule is CC/C=C\C/C=C\C/C=C\C/C=C\CCCCCCC(=O)OC1C(OCC(COC(=O)CCCCCCCCCCC/C=C\C/C=C\CCCCC)OC(=O)CCCCCCCCCCCCCCCCCCC)OC(C(=O)O)C(O)C1O. The Labute approximate surface area is 506 Å². The smallest absolute Gasteiger partial charge is 0.335 e. The maximum Gasteiger partial charge on any atom is 0.335 e. The number of ether oxygens (including phenoxy) is 5. The lowest BCUT2D eigenvalue weighted by Gasteiger charge is -2.40. The normalized spacial score (nSPS) is 18.0. The third-order valence-electron chi connectivity index (χ3n) is 15.3. The summed E-state index contributed by atoms with van der Waals surface area (Å²) >= 11 is 0. The van der Waals surface area contributed by atoms with E-state index in [1.807, 2.05) is 0 Å². The minimum absolute atomic E-state index is 0.0319. The number of hydrogen-bond donors (Lipinski definition) is 3. The van der Waals surface area contributed by atoms with Crippen molar-refractivity contribution in [3.8, 4) is 0 Å². The molecule has 3 N–H and O–H groups in total. The Bertz CT molecular complexity index is 1720. The van der Waals surface area contributed by atoms with E-state index in [0.29, 0.717) is 19.3 Å². The number of rotatable bonds is 58. The predicted molar refractivity (Wildman–Crippen MR) is 340 cm³/mol. The standard InChI is InChI=1S/C71H122O12/c1-4-7-10-13-16-19-22-25-28-31-32-35-36-39-42-45-48-51-54-57-63(72)79-60-62(81-64(73)58-55-52-49-46-43-40-37-33-29-26-23-20-17-14-11-8-5-2)61-80-71-69(67(76)66(75)68(83-71)70(77)78)82-65(74)59-56-53-50-47-44-41-38-34-30-27-24-21-18-15-12-9-6-3/h9,12,16,18-19,21,25,27-28,30,38,41,62,66-69,71,75-76H,4-8,10-11,13-15,17,20,22-24,26,29,31-37,39-40,42-61H2,1-3H3,(H,77,78)/b12-9-,19-16-,21-18-,28-25-,30-27-,41-38-. The second-order valence-corrected chi connectivity index (χ2v) is 23.1. The summed E-state index contributed by atoms with van der Waals surface area (Å²) < 4.78 is 28.6. The summed E-state index contributed by atoms with van der Waals surface area (Å²) in [4.78, 5) is 51.4. The minimum atomic E-state index is -1.91. The van der Waals surface area contributed by atoms with Crippen LogP contribution in [-0.2, 0) is 42.9 Å². The van der Waals surface area contributed by atoms with Gasteiger partial charge in [0.2, 0.25) is 0 Å². The highest BCUT2D eigenvalue weighted by Gasteiger charge is 2.50. The van der Waals surface area contributed by atoms with Crippen LogP contribution in [-0.4, -0.2) is 89.2 Å². The van der Waals surface area contributed by atoms with Gasteiger partial charge in [-0.3, -0.25) is 14.4 Å². The van der Waals surface area contributed by atoms with E-state index in [1.54, 1.807) is 0 Å². The van der Waals surface area contributed by atoms with Gasteiger partial charge >= 0.3 is 23.9 Å². The van der Waals surface area contributed by atoms with Crippen LogP contribution in [0.2, 0.25) is 0 Å². The van der Waals surface area contributed by atoms with E-state index in [1.165, 1.54) is 141 Å². The molecule has 0 bridgehead atoms. The zero-order valence-electron chi connectivity index (χ0n) is 52.9. The Morgan fingerprint density at radius 3 is 1.18 bits per heavy atom. The quantitative estimate of drug-likeness (QED) is 0.0228. The number of carboxylic acids is 1. The largest absolute Gasteiger partial charge is 0.479 e. The van der Waals surface area contributed by atoms with Gasteiger partial charge in [-0.2, -0.15) is 0 Å². The summed E-state index contributed by atoms with van der Waals surface area (Å²) in [7, 11) is 0. The van der Waals surface area contributed by atoms with Crippen LogP contribution in [0.15, 0.2) is 72.9 Å². The molecule has 6 atom stereocenters. The molecule has 12 heteroatoms. The molecular formula is C71H122O12. The zero-order chi connectivity index (χ0) is 60.3. The summed E-state index contributed by atoms with van der Waals surface area (Å²) in [5.74, 6) is -3.13. The molecule has 0 aromatic rings. The van der Waals surface area contributed by atoms with Crippen molar-refractivity contribution in [3.63, 3.8) is 0 Å². The van der Waals surface area contributed by atoms with Gasteiger partial charge in [-0.25, -0.2) is 4.79 Å². The summed E-state index contributed by atoms with van der Waals surface area (Å²) in [6.45, 7) is 5.89. The first kappa shape index (κ1) is 77.2. The van der Waals surface area contributed by atoms with Gasteiger partial charge in [-0.15, -0.1) is 0 Å². The van der Waals surface area contributed by atoms with Crippen molar-refractivity contribution in [2.24, 2.45) is 0 Å². The van der Waals surface area contributed by atoms with Crippen molar-refractivity contribution in [2.45, 2.75) is 340 Å². The molecule has 1 heterocycles. The van der Waals surface area contributed by atoms with Crippen LogP contribution in [0.25, 0.3) is 0 Å². The van der Waals surface area contributed by atoms with Gasteiger partial charge in [0.05, 0.1) is 6.61 Å². The molecule has 6 unspecified atom stereocenters. The van der Waals surface area contributed by atoms with Crippen molar-refractivity contribution in [1.82, 2.24) is 0 Å². The lowest BCUT2D eigenvalue weighted by molar-refractivity contribution is -0.301. The van der Waals surface area contributed by atoms with Crippen LogP contribution >= 0.6 is 0 Å². The van der Waals surface area contributed by atoms with E-state index < -0.39 is 67.3 Å². The Hall–Kier alpha value is -3.84. The molecule has 1 fully saturated rings. The van der Waals surface area contributed by atoms with Crippen molar-refractivity contribution in [1.29, 1.82) is 0 Å². The van der Waals surface area contributed by atoms with Crippen molar-refractivity contribution < 1.29 is 58.2 Å². The van der Waals surface area contributed by atoms with Crippen LogP contribution in [0, 0.1) is 0 Å². The number of aliphatic carboxylic acids is 1. The summed E-state index contributed by atoms with van der Waals surface area (Å²) in [6.07, 6.45) is 62.8. The number of hydrogen-bond acceptors (Lipinski definition) is 11. The molecule has 1 aliphatic rings. The van der Waals surface area contributed by atoms with E-state index >= 15 is 0 Å². The molecule has 0 aromatic heterocycles. The predicted octanol–water partition coefficient (Wildman–Crippen LogP) is 18.5. The van der Waals surface area contributed by atoms with Crippen LogP contribution in [0.3, 0.4) is 0 Å². The number of carboxylic acid groups (broad SMARTS) is 1. The zero-order valence-corrected chi connectivity index (χ0v) is 52.9. The van der Waals surface area contributed by atoms with Crippen molar-refractivity contribution >= 4 is 23.9 Å². The van der Waals surface area contributed by atoms with E-state index in [9.17, 15) is 34.5 Å². The van der Waals surface area contributed by atoms with Gasteiger partial charge in [0.15, 0.2) is 24.6 Å². The number of carbonyl (C=O) groups excluding carboxylic acids is 3. The minimum Gasteiger partial charge on any atom is -0.479 e. The Kier molecular flexibility index (Phi) is 54.4. The molecular weight excluding hydrogens is 1040 g/mol. The van der Waals surface area contributed by atoms with Gasteiger partial charge in [-0.1, -0.05) is 267 Å². The number of allylic oxidation sites excluding steroid dienone is 12. The molecule has 1 saturated heterocycles. The highest BCUT2D eigenvalue weighted by molar-refractivity contribution is 5.74. The molecule has 0 aliphatic carbocycles. The van der Waals surface area contributed by atoms with Crippen molar-refractivity contribution in [2.75, 3.05) is 13.2 Å². The summed E-state index contributed by atoms with van der Waals surface area (Å²) in [5, 5.41) is 31.6. The van der Waals surface area contributed by atoms with Crippen LogP contribution in [0.1, 0.15) is 303 Å². The third kappa shape index (κ3) is 48.0. The maximum atomic E-state index is 13.2. The number of aliphatic hydroxyl groups is 2. The molecule has 0 saturated carbocycles. The maximum absolute atomic E-state index is 13.2. The molecule has 1 aliphatic heterocycles. The van der Waals surface area contributed by atoms with E-state index in [0.717, 1.165) is 103 Å². The number of carbonyl (C=O) groups is 4. The molecule has 0 aromatic carbocycles. The third-order valence-corrected chi connectivity index (χ3v) is 15.3. The molecule has 0 amide bonds. The lowest BCUT2D eigenvalue weighted by Crippen LogP contribution is -2.61. The number of esters is 3. The Balaban J connectivity index is 2.65.